The Bertz CT molecular complexity index is 839. The lowest BCUT2D eigenvalue weighted by Crippen LogP contribution is -2.08. The van der Waals surface area contributed by atoms with Crippen LogP contribution in [0.4, 0.5) is 0 Å². The number of hydrogen-bond acceptors (Lipinski definition) is 5. The molecule has 134 valence electrons. The van der Waals surface area contributed by atoms with E-state index in [4.69, 9.17) is 9.15 Å². The summed E-state index contributed by atoms with van der Waals surface area (Å²) in [4.78, 5) is 12.0. The van der Waals surface area contributed by atoms with Crippen LogP contribution in [0, 0.1) is 0 Å². The van der Waals surface area contributed by atoms with E-state index in [9.17, 15) is 4.79 Å². The second kappa shape index (κ2) is 8.43. The van der Waals surface area contributed by atoms with E-state index in [1.54, 1.807) is 0 Å². The van der Waals surface area contributed by atoms with Gasteiger partial charge in [0.05, 0.1) is 0 Å². The highest BCUT2D eigenvalue weighted by Gasteiger charge is 2.10. The highest BCUT2D eigenvalue weighted by molar-refractivity contribution is 5.72. The van der Waals surface area contributed by atoms with E-state index in [1.165, 1.54) is 5.56 Å². The fourth-order valence-corrected chi connectivity index (χ4v) is 2.54. The van der Waals surface area contributed by atoms with Gasteiger partial charge >= 0.3 is 5.97 Å². The maximum Gasteiger partial charge on any atom is 0.311 e. The van der Waals surface area contributed by atoms with Gasteiger partial charge in [0.1, 0.15) is 5.75 Å². The third-order valence-corrected chi connectivity index (χ3v) is 4.04. The van der Waals surface area contributed by atoms with Crippen LogP contribution in [0.3, 0.4) is 0 Å². The predicted molar refractivity (Wildman–Crippen MR) is 98.8 cm³/mol. The molecule has 3 rings (SSSR count). The molecule has 0 aliphatic heterocycles. The van der Waals surface area contributed by atoms with Crippen molar-refractivity contribution in [1.82, 2.24) is 10.2 Å². The van der Waals surface area contributed by atoms with E-state index in [-0.39, 0.29) is 5.97 Å². The zero-order chi connectivity index (χ0) is 18.4. The summed E-state index contributed by atoms with van der Waals surface area (Å²) in [6, 6.07) is 17.2. The summed E-state index contributed by atoms with van der Waals surface area (Å²) in [7, 11) is 0. The first-order valence-corrected chi connectivity index (χ1v) is 8.80. The Morgan fingerprint density at radius 1 is 1.04 bits per heavy atom. The second-order valence-corrected chi connectivity index (χ2v) is 6.42. The predicted octanol–water partition coefficient (Wildman–Crippen LogP) is 4.79. The molecule has 0 aliphatic carbocycles. The number of carbonyl (C=O) groups is 1. The summed E-state index contributed by atoms with van der Waals surface area (Å²) in [5.74, 6) is 1.79. The number of rotatable bonds is 7. The van der Waals surface area contributed by atoms with Crippen molar-refractivity contribution in [3.05, 3.63) is 66.1 Å². The Morgan fingerprint density at radius 2 is 1.77 bits per heavy atom. The minimum absolute atomic E-state index is 0.259. The van der Waals surface area contributed by atoms with E-state index in [1.807, 2.05) is 54.6 Å². The average molecular weight is 350 g/mol. The van der Waals surface area contributed by atoms with Gasteiger partial charge < -0.3 is 9.15 Å². The summed E-state index contributed by atoms with van der Waals surface area (Å²) >= 11 is 0. The van der Waals surface area contributed by atoms with Crippen molar-refractivity contribution in [2.75, 3.05) is 0 Å². The summed E-state index contributed by atoms with van der Waals surface area (Å²) < 4.78 is 11.0. The summed E-state index contributed by atoms with van der Waals surface area (Å²) in [5.41, 5.74) is 2.10. The van der Waals surface area contributed by atoms with Crippen LogP contribution in [0.25, 0.3) is 11.5 Å². The molecule has 3 aromatic rings. The maximum absolute atomic E-state index is 12.0. The lowest BCUT2D eigenvalue weighted by atomic mass is 10.0. The summed E-state index contributed by atoms with van der Waals surface area (Å²) in [5, 5.41) is 8.07. The van der Waals surface area contributed by atoms with Crippen molar-refractivity contribution >= 4 is 5.97 Å². The van der Waals surface area contributed by atoms with E-state index in [0.29, 0.717) is 42.7 Å². The van der Waals surface area contributed by atoms with Crippen molar-refractivity contribution in [3.63, 3.8) is 0 Å². The smallest absolute Gasteiger partial charge is 0.311 e. The Hall–Kier alpha value is -2.95. The molecule has 0 saturated carbocycles. The van der Waals surface area contributed by atoms with Crippen molar-refractivity contribution in [3.8, 4) is 17.2 Å². The molecule has 0 aliphatic rings. The largest absolute Gasteiger partial charge is 0.427 e. The van der Waals surface area contributed by atoms with Gasteiger partial charge in [0.15, 0.2) is 0 Å². The van der Waals surface area contributed by atoms with Gasteiger partial charge in [0.2, 0.25) is 11.8 Å². The van der Waals surface area contributed by atoms with Crippen LogP contribution in [-0.2, 0) is 11.2 Å². The van der Waals surface area contributed by atoms with Gasteiger partial charge in [-0.3, -0.25) is 4.79 Å². The molecule has 5 nitrogen and oxygen atoms in total. The van der Waals surface area contributed by atoms with Crippen LogP contribution in [0.1, 0.15) is 44.1 Å². The molecule has 0 N–H and O–H groups in total. The molecule has 1 aromatic heterocycles. The molecular weight excluding hydrogens is 328 g/mol. The number of carbonyl (C=O) groups excluding carboxylic acids is 1. The van der Waals surface area contributed by atoms with Gasteiger partial charge in [-0.1, -0.05) is 44.2 Å². The number of nitrogens with zero attached hydrogens (tertiary/aromatic N) is 2. The van der Waals surface area contributed by atoms with Crippen LogP contribution in [0.2, 0.25) is 0 Å². The molecule has 0 saturated heterocycles. The lowest BCUT2D eigenvalue weighted by Gasteiger charge is -2.07. The van der Waals surface area contributed by atoms with Crippen molar-refractivity contribution in [2.45, 2.75) is 39.0 Å². The Kier molecular flexibility index (Phi) is 5.79. The Morgan fingerprint density at radius 3 is 2.46 bits per heavy atom. The molecule has 0 amide bonds. The minimum atomic E-state index is -0.259. The molecule has 2 aromatic carbocycles. The number of esters is 1. The number of benzene rings is 2. The number of aryl methyl sites for hydroxylation is 1. The molecule has 0 atom stereocenters. The van der Waals surface area contributed by atoms with Crippen molar-refractivity contribution < 1.29 is 13.9 Å². The van der Waals surface area contributed by atoms with Gasteiger partial charge in [0, 0.05) is 18.4 Å². The maximum atomic E-state index is 12.0. The molecule has 0 radical (unpaired) electrons. The molecule has 1 heterocycles. The number of hydrogen-bond donors (Lipinski definition) is 0. The van der Waals surface area contributed by atoms with Gasteiger partial charge in [-0.2, -0.15) is 0 Å². The summed E-state index contributed by atoms with van der Waals surface area (Å²) in [6.07, 6.45) is 1.44. The molecule has 0 unspecified atom stereocenters. The average Bonchev–Trinajstić information content (AvgIpc) is 3.12. The normalized spacial score (nSPS) is 10.9. The van der Waals surface area contributed by atoms with E-state index < -0.39 is 0 Å². The van der Waals surface area contributed by atoms with Crippen LogP contribution >= 0.6 is 0 Å². The second-order valence-electron chi connectivity index (χ2n) is 6.42. The first-order valence-electron chi connectivity index (χ1n) is 8.80. The van der Waals surface area contributed by atoms with Crippen LogP contribution in [-0.4, -0.2) is 16.2 Å². The number of ether oxygens (including phenoxy) is 1. The third kappa shape index (κ3) is 4.79. The topological polar surface area (TPSA) is 65.2 Å². The Balaban J connectivity index is 1.46. The SMILES string of the molecule is CC(C)c1ccc(OC(=O)CCCc2nnc(-c3ccccc3)o2)cc1. The number of aromatic nitrogens is 2. The third-order valence-electron chi connectivity index (χ3n) is 4.04. The first-order chi connectivity index (χ1) is 12.6. The van der Waals surface area contributed by atoms with Crippen molar-refractivity contribution in [1.29, 1.82) is 0 Å². The Labute approximate surface area is 153 Å². The zero-order valence-corrected chi connectivity index (χ0v) is 15.0. The standard InChI is InChI=1S/C21H22N2O3/c1-15(2)16-11-13-18(14-12-16)25-20(24)10-6-9-19-22-23-21(26-19)17-7-4-3-5-8-17/h3-5,7-8,11-15H,6,9-10H2,1-2H3. The quantitative estimate of drug-likeness (QED) is 0.453. The van der Waals surface area contributed by atoms with Crippen molar-refractivity contribution in [2.24, 2.45) is 0 Å². The molecular formula is C21H22N2O3. The van der Waals surface area contributed by atoms with Gasteiger partial charge in [-0.05, 0) is 42.2 Å². The van der Waals surface area contributed by atoms with Crippen LogP contribution in [0.15, 0.2) is 59.0 Å². The van der Waals surface area contributed by atoms with E-state index in [0.717, 1.165) is 5.56 Å². The van der Waals surface area contributed by atoms with Crippen LogP contribution in [0.5, 0.6) is 5.75 Å². The first kappa shape index (κ1) is 17.9. The highest BCUT2D eigenvalue weighted by Crippen LogP contribution is 2.20. The van der Waals surface area contributed by atoms with Crippen LogP contribution < -0.4 is 4.74 Å². The molecule has 26 heavy (non-hydrogen) atoms. The molecule has 0 spiro atoms. The van der Waals surface area contributed by atoms with E-state index >= 15 is 0 Å². The summed E-state index contributed by atoms with van der Waals surface area (Å²) in [6.45, 7) is 4.25. The fraction of sp³-hybridized carbons (Fsp3) is 0.286. The molecule has 0 fully saturated rings. The van der Waals surface area contributed by atoms with E-state index in [2.05, 4.69) is 24.0 Å². The fourth-order valence-electron chi connectivity index (χ4n) is 2.54. The van der Waals surface area contributed by atoms with Gasteiger partial charge in [-0.15, -0.1) is 10.2 Å². The lowest BCUT2D eigenvalue weighted by molar-refractivity contribution is -0.134. The van der Waals surface area contributed by atoms with Gasteiger partial charge in [-0.25, -0.2) is 0 Å². The minimum Gasteiger partial charge on any atom is -0.427 e. The zero-order valence-electron chi connectivity index (χ0n) is 15.0. The highest BCUT2D eigenvalue weighted by atomic mass is 16.5. The molecule has 5 heteroatoms. The molecule has 0 bridgehead atoms. The van der Waals surface area contributed by atoms with Gasteiger partial charge in [0.25, 0.3) is 0 Å². The monoisotopic (exact) mass is 350 g/mol.